The van der Waals surface area contributed by atoms with Crippen LogP contribution < -0.4 is 0 Å². The molecule has 0 amide bonds. The molecule has 0 N–H and O–H groups in total. The van der Waals surface area contributed by atoms with E-state index in [1.807, 2.05) is 0 Å². The van der Waals surface area contributed by atoms with Crippen molar-refractivity contribution in [1.82, 2.24) is 0 Å². The van der Waals surface area contributed by atoms with Crippen molar-refractivity contribution in [3.63, 3.8) is 0 Å². The van der Waals surface area contributed by atoms with Gasteiger partial charge in [-0.3, -0.25) is 0 Å². The Balaban J connectivity index is 4.39. The van der Waals surface area contributed by atoms with Crippen LogP contribution in [0.3, 0.4) is 0 Å². The van der Waals surface area contributed by atoms with Gasteiger partial charge in [0.15, 0.2) is 0 Å². The summed E-state index contributed by atoms with van der Waals surface area (Å²) in [4.78, 5) is 0. The van der Waals surface area contributed by atoms with E-state index in [1.54, 1.807) is 0 Å². The first-order valence-corrected chi connectivity index (χ1v) is 2.82. The molecule has 0 aromatic carbocycles. The molecule has 0 atom stereocenters. The first kappa shape index (κ1) is 12.5. The molecule has 0 spiro atoms. The molecule has 13 heavy (non-hydrogen) atoms. The standard InChI is InChI=1S/C5H5F6O2/c1-12-2-13-3(4(6,7)8)5(9,10)11/h2H2,1H3. The second-order valence-corrected chi connectivity index (χ2v) is 1.88. The minimum atomic E-state index is -5.56. The van der Waals surface area contributed by atoms with Gasteiger partial charge >= 0.3 is 18.5 Å². The Hall–Kier alpha value is -0.500. The lowest BCUT2D eigenvalue weighted by molar-refractivity contribution is -0.275. The van der Waals surface area contributed by atoms with Crippen LogP contribution in [0.4, 0.5) is 26.3 Å². The third-order valence-corrected chi connectivity index (χ3v) is 0.836. The molecule has 0 fully saturated rings. The van der Waals surface area contributed by atoms with E-state index in [0.29, 0.717) is 0 Å². The average Bonchev–Trinajstić information content (AvgIpc) is 1.81. The molecular weight excluding hydrogens is 206 g/mol. The van der Waals surface area contributed by atoms with E-state index >= 15 is 0 Å². The van der Waals surface area contributed by atoms with Crippen molar-refractivity contribution in [2.24, 2.45) is 0 Å². The highest BCUT2D eigenvalue weighted by Gasteiger charge is 2.59. The smallest absolute Gasteiger partial charge is 0.359 e. The Kier molecular flexibility index (Phi) is 3.98. The SMILES string of the molecule is COCO[C](C(F)(F)F)C(F)(F)F. The molecule has 0 saturated heterocycles. The van der Waals surface area contributed by atoms with Crippen molar-refractivity contribution in [2.75, 3.05) is 13.9 Å². The number of halogens is 6. The Morgan fingerprint density at radius 1 is 1.00 bits per heavy atom. The molecule has 0 unspecified atom stereocenters. The number of methoxy groups -OCH3 is 1. The van der Waals surface area contributed by atoms with Gasteiger partial charge in [-0.05, 0) is 0 Å². The number of rotatable bonds is 3. The van der Waals surface area contributed by atoms with Crippen molar-refractivity contribution in [3.8, 4) is 0 Å². The minimum Gasteiger partial charge on any atom is -0.359 e. The largest absolute Gasteiger partial charge is 0.430 e. The zero-order valence-corrected chi connectivity index (χ0v) is 6.29. The molecule has 0 aliphatic heterocycles. The van der Waals surface area contributed by atoms with E-state index in [1.165, 1.54) is 0 Å². The third-order valence-electron chi connectivity index (χ3n) is 0.836. The van der Waals surface area contributed by atoms with E-state index < -0.39 is 25.2 Å². The van der Waals surface area contributed by atoms with Crippen LogP contribution in [0.25, 0.3) is 0 Å². The van der Waals surface area contributed by atoms with Crippen LogP contribution in [0.5, 0.6) is 0 Å². The van der Waals surface area contributed by atoms with Gasteiger partial charge in [0.2, 0.25) is 0 Å². The van der Waals surface area contributed by atoms with Crippen LogP contribution in [0, 0.1) is 6.10 Å². The topological polar surface area (TPSA) is 18.5 Å². The fraction of sp³-hybridized carbons (Fsp3) is 0.800. The van der Waals surface area contributed by atoms with Gasteiger partial charge in [-0.1, -0.05) is 0 Å². The van der Waals surface area contributed by atoms with Crippen LogP contribution in [0.1, 0.15) is 0 Å². The summed E-state index contributed by atoms with van der Waals surface area (Å²) in [7, 11) is 0.907. The van der Waals surface area contributed by atoms with Crippen molar-refractivity contribution in [2.45, 2.75) is 12.4 Å². The van der Waals surface area contributed by atoms with Gasteiger partial charge in [0.1, 0.15) is 6.79 Å². The van der Waals surface area contributed by atoms with E-state index in [9.17, 15) is 26.3 Å². The van der Waals surface area contributed by atoms with Gasteiger partial charge in [-0.15, -0.1) is 0 Å². The van der Waals surface area contributed by atoms with Crippen LogP contribution in [-0.2, 0) is 9.47 Å². The van der Waals surface area contributed by atoms with Crippen molar-refractivity contribution in [3.05, 3.63) is 6.10 Å². The zero-order valence-electron chi connectivity index (χ0n) is 6.29. The maximum Gasteiger partial charge on any atom is 0.430 e. The van der Waals surface area contributed by atoms with Gasteiger partial charge in [-0.25, -0.2) is 0 Å². The van der Waals surface area contributed by atoms with Gasteiger partial charge in [0.05, 0.1) is 0 Å². The highest BCUT2D eigenvalue weighted by Crippen LogP contribution is 2.41. The fourth-order valence-corrected chi connectivity index (χ4v) is 0.442. The summed E-state index contributed by atoms with van der Waals surface area (Å²) >= 11 is 0. The van der Waals surface area contributed by atoms with Gasteiger partial charge in [0.25, 0.3) is 0 Å². The normalized spacial score (nSPS) is 13.8. The maximum absolute atomic E-state index is 11.6. The molecule has 79 valence electrons. The first-order chi connectivity index (χ1) is 5.69. The van der Waals surface area contributed by atoms with Gasteiger partial charge in [0, 0.05) is 7.11 Å². The lowest BCUT2D eigenvalue weighted by Crippen LogP contribution is -2.36. The average molecular weight is 211 g/mol. The molecule has 0 bridgehead atoms. The number of hydrogen-bond donors (Lipinski definition) is 0. The second kappa shape index (κ2) is 4.14. The Morgan fingerprint density at radius 3 is 1.62 bits per heavy atom. The molecule has 0 saturated carbocycles. The Morgan fingerprint density at radius 2 is 1.38 bits per heavy atom. The maximum atomic E-state index is 11.6. The number of alkyl halides is 6. The molecule has 8 heteroatoms. The van der Waals surface area contributed by atoms with E-state index in [0.717, 1.165) is 7.11 Å². The van der Waals surface area contributed by atoms with Gasteiger partial charge in [-0.2, -0.15) is 26.3 Å². The highest BCUT2D eigenvalue weighted by molar-refractivity contribution is 4.95. The highest BCUT2D eigenvalue weighted by atomic mass is 19.4. The summed E-state index contributed by atoms with van der Waals surface area (Å²) in [5.41, 5.74) is 0. The third kappa shape index (κ3) is 4.32. The minimum absolute atomic E-state index is 0.907. The lowest BCUT2D eigenvalue weighted by Gasteiger charge is -2.20. The summed E-state index contributed by atoms with van der Waals surface area (Å²) < 4.78 is 76.9. The fourth-order valence-electron chi connectivity index (χ4n) is 0.442. The van der Waals surface area contributed by atoms with E-state index in [2.05, 4.69) is 9.47 Å². The van der Waals surface area contributed by atoms with E-state index in [4.69, 9.17) is 0 Å². The summed E-state index contributed by atoms with van der Waals surface area (Å²) in [6.07, 6.45) is -14.0. The van der Waals surface area contributed by atoms with Crippen LogP contribution in [-0.4, -0.2) is 26.3 Å². The predicted octanol–water partition coefficient (Wildman–Crippen LogP) is 2.26. The summed E-state index contributed by atoms with van der Waals surface area (Å²) in [6.45, 7) is -1.10. The molecule has 1 radical (unpaired) electrons. The van der Waals surface area contributed by atoms with Crippen LogP contribution in [0.15, 0.2) is 0 Å². The molecule has 2 nitrogen and oxygen atoms in total. The molecule has 0 aromatic heterocycles. The predicted molar refractivity (Wildman–Crippen MR) is 28.3 cm³/mol. The summed E-state index contributed by atoms with van der Waals surface area (Å²) in [5, 5.41) is 0. The van der Waals surface area contributed by atoms with Gasteiger partial charge < -0.3 is 9.47 Å². The van der Waals surface area contributed by atoms with Crippen molar-refractivity contribution < 1.29 is 35.8 Å². The molecular formula is C5H5F6O2. The lowest BCUT2D eigenvalue weighted by atomic mass is 10.3. The zero-order chi connectivity index (χ0) is 10.7. The van der Waals surface area contributed by atoms with Crippen molar-refractivity contribution >= 4 is 0 Å². The monoisotopic (exact) mass is 211 g/mol. The first-order valence-electron chi connectivity index (χ1n) is 2.82. The Labute approximate surface area is 69.4 Å². The summed E-state index contributed by atoms with van der Waals surface area (Å²) in [5.74, 6) is 0. The quantitative estimate of drug-likeness (QED) is 0.526. The van der Waals surface area contributed by atoms with Crippen molar-refractivity contribution in [1.29, 1.82) is 0 Å². The second-order valence-electron chi connectivity index (χ2n) is 1.88. The molecule has 0 aliphatic rings. The molecule has 0 rings (SSSR count). The van der Waals surface area contributed by atoms with E-state index in [-0.39, 0.29) is 0 Å². The molecule has 0 heterocycles. The molecule has 0 aromatic rings. The van der Waals surface area contributed by atoms with Crippen LogP contribution >= 0.6 is 0 Å². The summed E-state index contributed by atoms with van der Waals surface area (Å²) in [6, 6.07) is 0. The number of ether oxygens (including phenoxy) is 2. The van der Waals surface area contributed by atoms with Crippen LogP contribution in [0.2, 0.25) is 0 Å². The Bertz CT molecular complexity index is 136. The molecule has 0 aliphatic carbocycles. The number of hydrogen-bond acceptors (Lipinski definition) is 2.